The summed E-state index contributed by atoms with van der Waals surface area (Å²) in [5.74, 6) is -0.643. The molecule has 0 aliphatic carbocycles. The van der Waals surface area contributed by atoms with E-state index in [4.69, 9.17) is 11.6 Å². The Kier molecular flexibility index (Phi) is 5.63. The normalized spacial score (nSPS) is 11.1. The molecule has 0 spiro atoms. The maximum atomic E-state index is 12.8. The van der Waals surface area contributed by atoms with Gasteiger partial charge in [0.25, 0.3) is 0 Å². The number of halogens is 4. The Morgan fingerprint density at radius 1 is 1.20 bits per heavy atom. The zero-order valence-electron chi connectivity index (χ0n) is 12.9. The quantitative estimate of drug-likeness (QED) is 0.856. The van der Waals surface area contributed by atoms with Gasteiger partial charge in [-0.3, -0.25) is 9.59 Å². The van der Waals surface area contributed by atoms with Crippen LogP contribution >= 0.6 is 11.6 Å². The monoisotopic (exact) mass is 371 g/mol. The second kappa shape index (κ2) is 7.52. The Morgan fingerprint density at radius 2 is 1.92 bits per heavy atom. The van der Waals surface area contributed by atoms with Crippen LogP contribution in [0.5, 0.6) is 0 Å². The third-order valence-corrected chi connectivity index (χ3v) is 3.53. The lowest BCUT2D eigenvalue weighted by Gasteiger charge is -2.12. The number of carbonyl (C=O) groups is 2. The minimum atomic E-state index is -4.60. The van der Waals surface area contributed by atoms with Crippen LogP contribution in [-0.4, -0.2) is 16.8 Å². The molecular weight excluding hydrogens is 359 g/mol. The SMILES string of the molecule is CC(=O)Nc1cc(NC(=O)Cc2cccc(C(F)(F)F)c2Cl)ccn1. The van der Waals surface area contributed by atoms with Crippen molar-refractivity contribution in [2.24, 2.45) is 0 Å². The summed E-state index contributed by atoms with van der Waals surface area (Å²) in [7, 11) is 0. The van der Waals surface area contributed by atoms with Crippen molar-refractivity contribution in [3.8, 4) is 0 Å². The molecule has 0 atom stereocenters. The van der Waals surface area contributed by atoms with Crippen LogP contribution in [0.15, 0.2) is 36.5 Å². The van der Waals surface area contributed by atoms with Crippen LogP contribution in [-0.2, 0) is 22.2 Å². The van der Waals surface area contributed by atoms with Gasteiger partial charge in [0.05, 0.1) is 17.0 Å². The summed E-state index contributed by atoms with van der Waals surface area (Å²) in [5, 5.41) is 4.47. The number of amides is 2. The van der Waals surface area contributed by atoms with Crippen LogP contribution in [0, 0.1) is 0 Å². The van der Waals surface area contributed by atoms with E-state index in [2.05, 4.69) is 15.6 Å². The molecule has 9 heteroatoms. The first-order valence-electron chi connectivity index (χ1n) is 7.05. The van der Waals surface area contributed by atoms with E-state index in [0.717, 1.165) is 6.07 Å². The molecule has 2 N–H and O–H groups in total. The number of nitrogens with one attached hydrogen (secondary N) is 2. The fraction of sp³-hybridized carbons (Fsp3) is 0.188. The molecule has 5 nitrogen and oxygen atoms in total. The van der Waals surface area contributed by atoms with E-state index in [0.29, 0.717) is 5.69 Å². The van der Waals surface area contributed by atoms with E-state index < -0.39 is 22.7 Å². The molecule has 0 saturated carbocycles. The van der Waals surface area contributed by atoms with Gasteiger partial charge in [-0.05, 0) is 17.7 Å². The predicted octanol–water partition coefficient (Wildman–Crippen LogP) is 3.89. The molecule has 0 saturated heterocycles. The Labute approximate surface area is 146 Å². The first-order valence-corrected chi connectivity index (χ1v) is 7.42. The summed E-state index contributed by atoms with van der Waals surface area (Å²) in [4.78, 5) is 27.0. The number of rotatable bonds is 4. The van der Waals surface area contributed by atoms with Gasteiger partial charge in [0.2, 0.25) is 11.8 Å². The molecule has 0 unspecified atom stereocenters. The summed E-state index contributed by atoms with van der Waals surface area (Å²) < 4.78 is 38.5. The minimum absolute atomic E-state index is 0.0603. The number of nitrogens with zero attached hydrogens (tertiary/aromatic N) is 1. The van der Waals surface area contributed by atoms with E-state index in [1.807, 2.05) is 0 Å². The van der Waals surface area contributed by atoms with E-state index in [-0.39, 0.29) is 23.7 Å². The standard InChI is InChI=1S/C16H13ClF3N3O2/c1-9(24)22-13-8-11(5-6-21-13)23-14(25)7-10-3-2-4-12(15(10)17)16(18,19)20/h2-6,8H,7H2,1H3,(H2,21,22,23,24,25). The molecule has 2 rings (SSSR count). The van der Waals surface area contributed by atoms with Crippen molar-refractivity contribution in [2.45, 2.75) is 19.5 Å². The van der Waals surface area contributed by atoms with Crippen LogP contribution < -0.4 is 10.6 Å². The maximum Gasteiger partial charge on any atom is 0.417 e. The highest BCUT2D eigenvalue weighted by Gasteiger charge is 2.33. The number of anilines is 2. The predicted molar refractivity (Wildman–Crippen MR) is 87.3 cm³/mol. The average molecular weight is 372 g/mol. The number of benzene rings is 1. The smallest absolute Gasteiger partial charge is 0.326 e. The van der Waals surface area contributed by atoms with Crippen LogP contribution in [0.1, 0.15) is 18.1 Å². The number of aromatic nitrogens is 1. The first-order chi connectivity index (χ1) is 11.7. The van der Waals surface area contributed by atoms with Gasteiger partial charge in [0.1, 0.15) is 5.82 Å². The molecule has 0 aliphatic heterocycles. The molecule has 0 radical (unpaired) electrons. The number of carbonyl (C=O) groups excluding carboxylic acids is 2. The first kappa shape index (κ1) is 18.7. The zero-order chi connectivity index (χ0) is 18.6. The summed E-state index contributed by atoms with van der Waals surface area (Å²) >= 11 is 5.77. The summed E-state index contributed by atoms with van der Waals surface area (Å²) in [6.45, 7) is 1.31. The molecule has 1 aromatic heterocycles. The van der Waals surface area contributed by atoms with Crippen LogP contribution in [0.2, 0.25) is 5.02 Å². The van der Waals surface area contributed by atoms with Crippen molar-refractivity contribution >= 4 is 34.9 Å². The average Bonchev–Trinajstić information content (AvgIpc) is 2.47. The largest absolute Gasteiger partial charge is 0.417 e. The second-order valence-electron chi connectivity index (χ2n) is 5.11. The van der Waals surface area contributed by atoms with Gasteiger partial charge >= 0.3 is 6.18 Å². The lowest BCUT2D eigenvalue weighted by Crippen LogP contribution is -2.16. The molecule has 25 heavy (non-hydrogen) atoms. The van der Waals surface area contributed by atoms with Gasteiger partial charge in [-0.15, -0.1) is 0 Å². The Hall–Kier alpha value is -2.61. The molecular formula is C16H13ClF3N3O2. The third-order valence-electron chi connectivity index (χ3n) is 3.08. The van der Waals surface area contributed by atoms with Gasteiger partial charge < -0.3 is 10.6 Å². The van der Waals surface area contributed by atoms with E-state index in [1.165, 1.54) is 37.4 Å². The van der Waals surface area contributed by atoms with Gasteiger partial charge in [-0.2, -0.15) is 13.2 Å². The maximum absolute atomic E-state index is 12.8. The number of alkyl halides is 3. The number of hydrogen-bond acceptors (Lipinski definition) is 3. The van der Waals surface area contributed by atoms with E-state index in [9.17, 15) is 22.8 Å². The summed E-state index contributed by atoms with van der Waals surface area (Å²) in [6, 6.07) is 6.31. The van der Waals surface area contributed by atoms with Crippen molar-refractivity contribution in [3.05, 3.63) is 52.7 Å². The Balaban J connectivity index is 2.12. The molecule has 2 amide bonds. The molecule has 1 heterocycles. The topological polar surface area (TPSA) is 71.1 Å². The van der Waals surface area contributed by atoms with Crippen LogP contribution in [0.3, 0.4) is 0 Å². The molecule has 132 valence electrons. The molecule has 0 bridgehead atoms. The lowest BCUT2D eigenvalue weighted by atomic mass is 10.1. The molecule has 2 aromatic rings. The van der Waals surface area contributed by atoms with Crippen LogP contribution in [0.4, 0.5) is 24.7 Å². The minimum Gasteiger partial charge on any atom is -0.326 e. The second-order valence-corrected chi connectivity index (χ2v) is 5.49. The van der Waals surface area contributed by atoms with Crippen molar-refractivity contribution in [3.63, 3.8) is 0 Å². The molecule has 0 fully saturated rings. The molecule has 1 aromatic carbocycles. The Morgan fingerprint density at radius 3 is 2.56 bits per heavy atom. The van der Waals surface area contributed by atoms with Gasteiger partial charge in [0.15, 0.2) is 0 Å². The highest BCUT2D eigenvalue weighted by Crippen LogP contribution is 2.36. The van der Waals surface area contributed by atoms with Gasteiger partial charge in [-0.25, -0.2) is 4.98 Å². The molecule has 0 aliphatic rings. The van der Waals surface area contributed by atoms with E-state index in [1.54, 1.807) is 0 Å². The van der Waals surface area contributed by atoms with Gasteiger partial charge in [0, 0.05) is 24.9 Å². The fourth-order valence-electron chi connectivity index (χ4n) is 2.07. The van der Waals surface area contributed by atoms with Crippen LogP contribution in [0.25, 0.3) is 0 Å². The highest BCUT2D eigenvalue weighted by atomic mass is 35.5. The van der Waals surface area contributed by atoms with E-state index >= 15 is 0 Å². The van der Waals surface area contributed by atoms with Gasteiger partial charge in [-0.1, -0.05) is 23.7 Å². The highest BCUT2D eigenvalue weighted by molar-refractivity contribution is 6.32. The van der Waals surface area contributed by atoms with Crippen molar-refractivity contribution in [2.75, 3.05) is 10.6 Å². The van der Waals surface area contributed by atoms with Crippen molar-refractivity contribution in [1.29, 1.82) is 0 Å². The zero-order valence-corrected chi connectivity index (χ0v) is 13.7. The summed E-state index contributed by atoms with van der Waals surface area (Å²) in [6.07, 6.45) is -3.55. The Bertz CT molecular complexity index is 809. The van der Waals surface area contributed by atoms with Crippen molar-refractivity contribution < 1.29 is 22.8 Å². The summed E-state index contributed by atoms with van der Waals surface area (Å²) in [5.41, 5.74) is -0.590. The third kappa shape index (κ3) is 5.18. The number of pyridine rings is 1. The fourth-order valence-corrected chi connectivity index (χ4v) is 2.37. The lowest BCUT2D eigenvalue weighted by molar-refractivity contribution is -0.137. The van der Waals surface area contributed by atoms with Crippen molar-refractivity contribution in [1.82, 2.24) is 4.98 Å². The number of hydrogen-bond donors (Lipinski definition) is 2.